The first-order valence-corrected chi connectivity index (χ1v) is 16.1. The van der Waals surface area contributed by atoms with Crippen LogP contribution in [0.4, 0.5) is 0 Å². The van der Waals surface area contributed by atoms with Crippen LogP contribution in [0.15, 0.2) is 144 Å². The lowest BCUT2D eigenvalue weighted by Gasteiger charge is -2.17. The van der Waals surface area contributed by atoms with Crippen molar-refractivity contribution in [3.8, 4) is 39.5 Å². The van der Waals surface area contributed by atoms with Gasteiger partial charge in [0.1, 0.15) is 16.8 Å². The Hall–Kier alpha value is -6.00. The first kappa shape index (κ1) is 27.3. The van der Waals surface area contributed by atoms with Crippen LogP contribution < -0.4 is 4.74 Å². The quantitative estimate of drug-likeness (QED) is 0.140. The van der Waals surface area contributed by atoms with Gasteiger partial charge in [0.25, 0.3) is 0 Å². The summed E-state index contributed by atoms with van der Waals surface area (Å²) >= 11 is 0. The van der Waals surface area contributed by atoms with Crippen molar-refractivity contribution in [1.82, 2.24) is 9.97 Å². The summed E-state index contributed by atoms with van der Waals surface area (Å²) in [5.74, 6) is 1.46. The van der Waals surface area contributed by atoms with Crippen molar-refractivity contribution in [2.75, 3.05) is 6.61 Å². The molecule has 0 N–H and O–H groups in total. The van der Waals surface area contributed by atoms with E-state index in [9.17, 15) is 0 Å². The minimum Gasteiger partial charge on any atom is -0.491 e. The number of hydrogen-bond acceptors (Lipinski definition) is 4. The molecule has 0 unspecified atom stereocenters. The van der Waals surface area contributed by atoms with E-state index in [2.05, 4.69) is 115 Å². The van der Waals surface area contributed by atoms with Gasteiger partial charge in [-0.15, -0.1) is 0 Å². The number of oxazole rings is 1. The highest BCUT2D eigenvalue weighted by Gasteiger charge is 2.18. The minimum absolute atomic E-state index is 0.633. The average molecular weight is 607 g/mol. The lowest BCUT2D eigenvalue weighted by Crippen LogP contribution is -1.97. The molecule has 2 aromatic heterocycles. The zero-order valence-corrected chi connectivity index (χ0v) is 25.9. The van der Waals surface area contributed by atoms with E-state index in [1.54, 1.807) is 0 Å². The van der Waals surface area contributed by atoms with Crippen LogP contribution in [0, 0.1) is 0 Å². The van der Waals surface area contributed by atoms with Crippen LogP contribution in [0.5, 0.6) is 5.75 Å². The number of benzene rings is 7. The highest BCUT2D eigenvalue weighted by atomic mass is 16.5. The number of pyridine rings is 1. The molecule has 47 heavy (non-hydrogen) atoms. The predicted molar refractivity (Wildman–Crippen MR) is 194 cm³/mol. The fourth-order valence-electron chi connectivity index (χ4n) is 6.93. The van der Waals surface area contributed by atoms with E-state index < -0.39 is 0 Å². The third-order valence-corrected chi connectivity index (χ3v) is 9.10. The summed E-state index contributed by atoms with van der Waals surface area (Å²) in [4.78, 5) is 9.46. The molecule has 224 valence electrons. The molecule has 7 aromatic carbocycles. The SMILES string of the molecule is CCCOc1ccc(-c2c3ccccc3cc3c2ccc2c(-c4ccc(-c5nc6ccccc6o5)cc4)cccc23)c2cccnc12. The van der Waals surface area contributed by atoms with Crippen LogP contribution in [0.25, 0.3) is 88.0 Å². The van der Waals surface area contributed by atoms with Crippen LogP contribution in [-0.2, 0) is 0 Å². The number of nitrogens with zero attached hydrogens (tertiary/aromatic N) is 2. The Labute approximate surface area is 271 Å². The van der Waals surface area contributed by atoms with Crippen LogP contribution in [0.2, 0.25) is 0 Å². The van der Waals surface area contributed by atoms with E-state index in [4.69, 9.17) is 14.1 Å². The van der Waals surface area contributed by atoms with Crippen LogP contribution in [0.3, 0.4) is 0 Å². The van der Waals surface area contributed by atoms with E-state index in [0.29, 0.717) is 12.5 Å². The zero-order chi connectivity index (χ0) is 31.3. The van der Waals surface area contributed by atoms with Crippen LogP contribution in [0.1, 0.15) is 13.3 Å². The van der Waals surface area contributed by atoms with Crippen molar-refractivity contribution < 1.29 is 9.15 Å². The highest BCUT2D eigenvalue weighted by Crippen LogP contribution is 2.44. The number of fused-ring (bicyclic) bond motifs is 6. The smallest absolute Gasteiger partial charge is 0.227 e. The number of hydrogen-bond donors (Lipinski definition) is 0. The third-order valence-electron chi connectivity index (χ3n) is 9.10. The lowest BCUT2D eigenvalue weighted by molar-refractivity contribution is 0.320. The van der Waals surface area contributed by atoms with E-state index in [1.165, 1.54) is 43.4 Å². The van der Waals surface area contributed by atoms with Crippen molar-refractivity contribution in [2.45, 2.75) is 13.3 Å². The Morgan fingerprint density at radius 3 is 2.28 bits per heavy atom. The van der Waals surface area contributed by atoms with Crippen molar-refractivity contribution in [2.24, 2.45) is 0 Å². The van der Waals surface area contributed by atoms with Gasteiger partial charge in [-0.3, -0.25) is 4.98 Å². The third kappa shape index (κ3) is 4.52. The minimum atomic E-state index is 0.633. The monoisotopic (exact) mass is 606 g/mol. The first-order valence-electron chi connectivity index (χ1n) is 16.1. The van der Waals surface area contributed by atoms with Gasteiger partial charge in [0, 0.05) is 17.1 Å². The highest BCUT2D eigenvalue weighted by molar-refractivity contribution is 6.23. The lowest BCUT2D eigenvalue weighted by atomic mass is 9.87. The number of para-hydroxylation sites is 2. The molecule has 0 amide bonds. The molecule has 2 heterocycles. The second-order valence-electron chi connectivity index (χ2n) is 12.0. The van der Waals surface area contributed by atoms with Gasteiger partial charge in [-0.2, -0.15) is 0 Å². The summed E-state index contributed by atoms with van der Waals surface area (Å²) in [6.45, 7) is 2.78. The Morgan fingerprint density at radius 1 is 0.596 bits per heavy atom. The second-order valence-corrected chi connectivity index (χ2v) is 12.0. The Balaban J connectivity index is 1.23. The van der Waals surface area contributed by atoms with E-state index in [0.717, 1.165) is 50.9 Å². The standard InChI is InChI=1S/C43H30N2O2/c1-2-25-46-40-23-22-34(36-13-8-24-44-42(36)40)41-31-10-4-3-9-29(31)26-37-32-12-7-11-30(33(32)20-21-35(37)41)27-16-18-28(19-17-27)43-45-38-14-5-6-15-39(38)47-43/h3-24,26H,2,25H2,1H3. The van der Waals surface area contributed by atoms with Gasteiger partial charge in [-0.1, -0.05) is 91.9 Å². The van der Waals surface area contributed by atoms with Crippen molar-refractivity contribution in [3.05, 3.63) is 140 Å². The Morgan fingerprint density at radius 2 is 1.38 bits per heavy atom. The molecule has 0 bridgehead atoms. The van der Waals surface area contributed by atoms with Crippen LogP contribution >= 0.6 is 0 Å². The van der Waals surface area contributed by atoms with Crippen molar-refractivity contribution in [1.29, 1.82) is 0 Å². The largest absolute Gasteiger partial charge is 0.491 e. The summed E-state index contributed by atoms with van der Waals surface area (Å²) in [5.41, 5.74) is 8.22. The molecule has 4 nitrogen and oxygen atoms in total. The maximum atomic E-state index is 6.12. The number of aromatic nitrogens is 2. The second kappa shape index (κ2) is 11.1. The normalized spacial score (nSPS) is 11.7. The number of ether oxygens (including phenoxy) is 1. The van der Waals surface area contributed by atoms with E-state index >= 15 is 0 Å². The fraction of sp³-hybridized carbons (Fsp3) is 0.0698. The van der Waals surface area contributed by atoms with Gasteiger partial charge in [0.15, 0.2) is 5.58 Å². The molecule has 0 saturated carbocycles. The topological polar surface area (TPSA) is 48.2 Å². The molecule has 0 aliphatic heterocycles. The maximum Gasteiger partial charge on any atom is 0.227 e. The van der Waals surface area contributed by atoms with Crippen LogP contribution in [-0.4, -0.2) is 16.6 Å². The van der Waals surface area contributed by atoms with Crippen molar-refractivity contribution >= 4 is 54.3 Å². The molecule has 0 spiro atoms. The first-order chi connectivity index (χ1) is 23.3. The average Bonchev–Trinajstić information content (AvgIpc) is 3.57. The van der Waals surface area contributed by atoms with Gasteiger partial charge < -0.3 is 9.15 Å². The summed E-state index contributed by atoms with van der Waals surface area (Å²) in [6, 6.07) is 47.1. The van der Waals surface area contributed by atoms with Gasteiger partial charge in [0.2, 0.25) is 5.89 Å². The molecule has 9 aromatic rings. The molecule has 0 fully saturated rings. The molecule has 0 atom stereocenters. The molecule has 0 aliphatic carbocycles. The summed E-state index contributed by atoms with van der Waals surface area (Å²) < 4.78 is 12.2. The molecule has 0 aliphatic rings. The maximum absolute atomic E-state index is 6.12. The molecule has 0 saturated heterocycles. The van der Waals surface area contributed by atoms with Gasteiger partial charge in [0.05, 0.1) is 6.61 Å². The zero-order valence-electron chi connectivity index (χ0n) is 25.9. The fourth-order valence-corrected chi connectivity index (χ4v) is 6.93. The van der Waals surface area contributed by atoms with Crippen molar-refractivity contribution in [3.63, 3.8) is 0 Å². The van der Waals surface area contributed by atoms with E-state index in [1.807, 2.05) is 36.5 Å². The number of rotatable bonds is 6. The molecule has 4 heteroatoms. The van der Waals surface area contributed by atoms with Gasteiger partial charge in [-0.05, 0) is 110 Å². The molecular weight excluding hydrogens is 576 g/mol. The summed E-state index contributed by atoms with van der Waals surface area (Å²) in [5, 5.41) is 8.39. The Kier molecular flexibility index (Phi) is 6.46. The molecular formula is C43H30N2O2. The molecule has 9 rings (SSSR count). The predicted octanol–water partition coefficient (Wildman–Crippen LogP) is 11.6. The summed E-state index contributed by atoms with van der Waals surface area (Å²) in [7, 11) is 0. The van der Waals surface area contributed by atoms with E-state index in [-0.39, 0.29) is 0 Å². The Bertz CT molecular complexity index is 2590. The molecule has 0 radical (unpaired) electrons. The van der Waals surface area contributed by atoms with Gasteiger partial charge >= 0.3 is 0 Å². The van der Waals surface area contributed by atoms with Gasteiger partial charge in [-0.25, -0.2) is 4.98 Å². The summed E-state index contributed by atoms with van der Waals surface area (Å²) in [6.07, 6.45) is 2.79.